The van der Waals surface area contributed by atoms with Gasteiger partial charge >= 0.3 is 51.4 Å². The predicted molar refractivity (Wildman–Crippen MR) is 118 cm³/mol. The Balaban J connectivity index is 0.00000117. The Bertz CT molecular complexity index is 855. The number of methoxy groups -OCH3 is 1. The van der Waals surface area contributed by atoms with E-state index in [1.54, 1.807) is 19.4 Å². The van der Waals surface area contributed by atoms with Gasteiger partial charge in [-0.05, 0) is 75.0 Å². The second-order valence-electron chi connectivity index (χ2n) is 7.46. The van der Waals surface area contributed by atoms with Crippen LogP contribution in [0.2, 0.25) is 0 Å². The molecule has 8 heteroatoms. The summed E-state index contributed by atoms with van der Waals surface area (Å²) in [5, 5.41) is 3.12. The van der Waals surface area contributed by atoms with Crippen molar-refractivity contribution in [2.24, 2.45) is 5.73 Å². The van der Waals surface area contributed by atoms with E-state index in [9.17, 15) is 9.18 Å². The number of halogens is 1. The number of anilines is 1. The molecule has 2 aromatic rings. The van der Waals surface area contributed by atoms with Crippen molar-refractivity contribution in [3.8, 4) is 5.75 Å². The molecular weight excluding hydrogens is 422 g/mol. The number of carbonyl (C=O) groups excluding carboxylic acids is 1. The van der Waals surface area contributed by atoms with Crippen LogP contribution in [0, 0.1) is 13.2 Å². The van der Waals surface area contributed by atoms with Gasteiger partial charge < -0.3 is 28.1 Å². The number of hydrogen-bond donors (Lipinski definition) is 2. The molecule has 2 heterocycles. The Morgan fingerprint density at radius 1 is 1.23 bits per heavy atom. The average Bonchev–Trinajstić information content (AvgIpc) is 3.27. The zero-order valence-corrected chi connectivity index (χ0v) is 22.2. The SMILES string of the molecule is CN.COc1ccc(F)cc1CC1(NC(=O)c2cc(N3CCCC3)ccn2)CC1.[CH3-].[K+]. The standard InChI is InChI=1S/C21H24FN3O2.CH5N.CH3.K/c1-27-19-5-4-16(22)12-15(19)14-21(7-8-21)24-20(26)18-13-17(6-9-23-18)25-10-2-3-11-25;1-2;;/h4-6,9,12-13H,2-3,7-8,10-11,14H2,1H3,(H,24,26);2H2,1H3;1H3;/q;;-1;+1. The number of nitrogens with zero attached hydrogens (tertiary/aromatic N) is 2. The minimum Gasteiger partial charge on any atom is -0.496 e. The molecule has 1 aromatic heterocycles. The first-order valence-electron chi connectivity index (χ1n) is 10.0. The van der Waals surface area contributed by atoms with E-state index in [2.05, 4.69) is 20.9 Å². The summed E-state index contributed by atoms with van der Waals surface area (Å²) in [6, 6.07) is 8.31. The van der Waals surface area contributed by atoms with Crippen molar-refractivity contribution in [1.29, 1.82) is 0 Å². The van der Waals surface area contributed by atoms with Crippen LogP contribution in [-0.4, -0.2) is 43.7 Å². The van der Waals surface area contributed by atoms with Gasteiger partial charge in [-0.3, -0.25) is 9.78 Å². The van der Waals surface area contributed by atoms with E-state index in [1.165, 1.54) is 32.0 Å². The van der Waals surface area contributed by atoms with Gasteiger partial charge in [0.05, 0.1) is 7.11 Å². The van der Waals surface area contributed by atoms with Gasteiger partial charge in [-0.15, -0.1) is 0 Å². The molecule has 1 aliphatic carbocycles. The molecule has 2 fully saturated rings. The molecule has 1 saturated carbocycles. The van der Waals surface area contributed by atoms with Crippen molar-refractivity contribution in [3.63, 3.8) is 0 Å². The van der Waals surface area contributed by atoms with Crippen molar-refractivity contribution < 1.29 is 65.3 Å². The van der Waals surface area contributed by atoms with E-state index in [-0.39, 0.29) is 76.1 Å². The fraction of sp³-hybridized carbons (Fsp3) is 0.435. The first kappa shape index (κ1) is 28.0. The fourth-order valence-corrected chi connectivity index (χ4v) is 3.77. The summed E-state index contributed by atoms with van der Waals surface area (Å²) in [6.45, 7) is 2.04. The third-order valence-electron chi connectivity index (χ3n) is 5.45. The monoisotopic (exact) mass is 454 g/mol. The Labute approximate surface area is 227 Å². The first-order chi connectivity index (χ1) is 14.1. The van der Waals surface area contributed by atoms with Crippen molar-refractivity contribution in [1.82, 2.24) is 10.3 Å². The quantitative estimate of drug-likeness (QED) is 0.487. The van der Waals surface area contributed by atoms with Crippen LogP contribution in [0.3, 0.4) is 0 Å². The summed E-state index contributed by atoms with van der Waals surface area (Å²) in [5.74, 6) is 0.169. The molecule has 1 amide bonds. The Morgan fingerprint density at radius 2 is 1.90 bits per heavy atom. The van der Waals surface area contributed by atoms with Crippen LogP contribution in [0.25, 0.3) is 0 Å². The third kappa shape index (κ3) is 7.23. The van der Waals surface area contributed by atoms with E-state index >= 15 is 0 Å². The van der Waals surface area contributed by atoms with E-state index < -0.39 is 0 Å². The molecule has 1 aromatic carbocycles. The number of benzene rings is 1. The molecule has 0 unspecified atom stereocenters. The van der Waals surface area contributed by atoms with Gasteiger partial charge in [0.25, 0.3) is 5.91 Å². The minimum atomic E-state index is -0.344. The van der Waals surface area contributed by atoms with Crippen LogP contribution in [0.1, 0.15) is 41.7 Å². The normalized spacial score (nSPS) is 15.5. The van der Waals surface area contributed by atoms with Crippen molar-refractivity contribution in [2.75, 3.05) is 32.1 Å². The molecule has 164 valence electrons. The Kier molecular flexibility index (Phi) is 11.6. The summed E-state index contributed by atoms with van der Waals surface area (Å²) >= 11 is 0. The molecule has 0 bridgehead atoms. The van der Waals surface area contributed by atoms with Crippen molar-refractivity contribution in [2.45, 2.75) is 37.6 Å². The van der Waals surface area contributed by atoms with Crippen molar-refractivity contribution in [3.05, 3.63) is 61.0 Å². The van der Waals surface area contributed by atoms with E-state index in [0.29, 0.717) is 17.9 Å². The number of hydrogen-bond acceptors (Lipinski definition) is 5. The average molecular weight is 455 g/mol. The third-order valence-corrected chi connectivity index (χ3v) is 5.45. The summed E-state index contributed by atoms with van der Waals surface area (Å²) in [6.07, 6.45) is 6.34. The topological polar surface area (TPSA) is 80.5 Å². The largest absolute Gasteiger partial charge is 1.00 e. The van der Waals surface area contributed by atoms with Crippen LogP contribution >= 0.6 is 0 Å². The molecule has 4 rings (SSSR count). The molecule has 0 radical (unpaired) electrons. The maximum atomic E-state index is 13.6. The number of rotatable bonds is 6. The number of carbonyl (C=O) groups is 1. The predicted octanol–water partition coefficient (Wildman–Crippen LogP) is 0.364. The number of amides is 1. The second kappa shape index (κ2) is 12.9. The molecule has 0 atom stereocenters. The first-order valence-corrected chi connectivity index (χ1v) is 10.0. The number of ether oxygens (including phenoxy) is 1. The van der Waals surface area contributed by atoms with E-state index in [0.717, 1.165) is 37.2 Å². The Morgan fingerprint density at radius 3 is 2.52 bits per heavy atom. The van der Waals surface area contributed by atoms with Crippen LogP contribution in [0.15, 0.2) is 36.5 Å². The molecule has 3 N–H and O–H groups in total. The number of aromatic nitrogens is 1. The number of nitrogens with two attached hydrogens (primary N) is 1. The second-order valence-corrected chi connectivity index (χ2v) is 7.46. The van der Waals surface area contributed by atoms with Crippen LogP contribution in [0.4, 0.5) is 10.1 Å². The zero-order chi connectivity index (χ0) is 20.9. The minimum absolute atomic E-state index is 0. The molecule has 1 aliphatic heterocycles. The summed E-state index contributed by atoms with van der Waals surface area (Å²) in [7, 11) is 3.07. The molecular formula is C23H32FKN4O2. The van der Waals surface area contributed by atoms with Gasteiger partial charge in [-0.25, -0.2) is 4.39 Å². The molecule has 0 spiro atoms. The molecule has 31 heavy (non-hydrogen) atoms. The summed E-state index contributed by atoms with van der Waals surface area (Å²) in [4.78, 5) is 19.3. The van der Waals surface area contributed by atoms with Crippen LogP contribution < -0.4 is 72.1 Å². The van der Waals surface area contributed by atoms with Gasteiger partial charge in [0.1, 0.15) is 17.3 Å². The van der Waals surface area contributed by atoms with Gasteiger partial charge in [0.2, 0.25) is 0 Å². The molecule has 6 nitrogen and oxygen atoms in total. The smallest absolute Gasteiger partial charge is 0.496 e. The van der Waals surface area contributed by atoms with Crippen molar-refractivity contribution >= 4 is 11.6 Å². The number of pyridine rings is 1. The summed E-state index contributed by atoms with van der Waals surface area (Å²) < 4.78 is 19.0. The summed E-state index contributed by atoms with van der Waals surface area (Å²) in [5.41, 5.74) is 6.40. The van der Waals surface area contributed by atoms with Gasteiger partial charge in [-0.2, -0.15) is 0 Å². The number of nitrogens with one attached hydrogen (secondary N) is 1. The van der Waals surface area contributed by atoms with Gasteiger partial charge in [-0.1, -0.05) is 0 Å². The van der Waals surface area contributed by atoms with Crippen LogP contribution in [0.5, 0.6) is 5.75 Å². The fourth-order valence-electron chi connectivity index (χ4n) is 3.77. The zero-order valence-electron chi connectivity index (χ0n) is 19.1. The Hall–Kier alpha value is -1.03. The van der Waals surface area contributed by atoms with Crippen LogP contribution in [-0.2, 0) is 6.42 Å². The van der Waals surface area contributed by atoms with Gasteiger partial charge in [0, 0.05) is 30.5 Å². The van der Waals surface area contributed by atoms with E-state index in [4.69, 9.17) is 4.74 Å². The van der Waals surface area contributed by atoms with Gasteiger partial charge in [0.15, 0.2) is 0 Å². The maximum Gasteiger partial charge on any atom is 1.00 e. The van der Waals surface area contributed by atoms with E-state index in [1.807, 2.05) is 12.1 Å². The molecule has 2 aliphatic rings. The molecule has 1 saturated heterocycles. The maximum absolute atomic E-state index is 13.6.